The van der Waals surface area contributed by atoms with Crippen LogP contribution in [0.4, 0.5) is 4.79 Å². The van der Waals surface area contributed by atoms with Crippen molar-refractivity contribution in [1.82, 2.24) is 10.6 Å². The first-order chi connectivity index (χ1) is 9.56. The Kier molecular flexibility index (Phi) is 5.91. The molecular formula is C14H16N2O4. The van der Waals surface area contributed by atoms with Gasteiger partial charge in [-0.25, -0.2) is 9.59 Å². The monoisotopic (exact) mass is 276 g/mol. The Bertz CT molecular complexity index is 505. The minimum Gasteiger partial charge on any atom is -0.497 e. The molecule has 6 heteroatoms. The van der Waals surface area contributed by atoms with Crippen LogP contribution in [0, 0.1) is 12.3 Å². The van der Waals surface area contributed by atoms with Crippen LogP contribution >= 0.6 is 0 Å². The summed E-state index contributed by atoms with van der Waals surface area (Å²) in [6, 6.07) is 5.48. The van der Waals surface area contributed by atoms with Crippen molar-refractivity contribution in [1.29, 1.82) is 0 Å². The van der Waals surface area contributed by atoms with E-state index in [9.17, 15) is 9.59 Å². The third kappa shape index (κ3) is 4.90. The highest BCUT2D eigenvalue weighted by molar-refractivity contribution is 5.82. The summed E-state index contributed by atoms with van der Waals surface area (Å²) < 4.78 is 5.02. The molecule has 20 heavy (non-hydrogen) atoms. The molecule has 0 aromatic heterocycles. The van der Waals surface area contributed by atoms with E-state index in [1.165, 1.54) is 0 Å². The second kappa shape index (κ2) is 7.69. The van der Waals surface area contributed by atoms with E-state index in [-0.39, 0.29) is 13.0 Å². The second-order valence-electron chi connectivity index (χ2n) is 3.97. The van der Waals surface area contributed by atoms with Crippen LogP contribution in [0.2, 0.25) is 0 Å². The van der Waals surface area contributed by atoms with Crippen molar-refractivity contribution in [2.75, 3.05) is 7.11 Å². The summed E-state index contributed by atoms with van der Waals surface area (Å²) in [5.74, 6) is 1.76. The van der Waals surface area contributed by atoms with Crippen LogP contribution in [0.15, 0.2) is 24.3 Å². The average molecular weight is 276 g/mol. The lowest BCUT2D eigenvalue weighted by Crippen LogP contribution is -2.45. The smallest absolute Gasteiger partial charge is 0.327 e. The predicted molar refractivity (Wildman–Crippen MR) is 73.2 cm³/mol. The molecule has 0 fully saturated rings. The summed E-state index contributed by atoms with van der Waals surface area (Å²) in [5.41, 5.74) is 0.866. The zero-order valence-electron chi connectivity index (χ0n) is 11.1. The molecule has 0 heterocycles. The number of benzene rings is 1. The van der Waals surface area contributed by atoms with Crippen molar-refractivity contribution in [2.45, 2.75) is 19.0 Å². The van der Waals surface area contributed by atoms with E-state index in [2.05, 4.69) is 16.6 Å². The molecule has 0 aliphatic heterocycles. The van der Waals surface area contributed by atoms with Crippen molar-refractivity contribution < 1.29 is 19.4 Å². The number of carboxylic acid groups (broad SMARTS) is 1. The molecule has 0 saturated carbocycles. The lowest BCUT2D eigenvalue weighted by molar-refractivity contribution is -0.139. The zero-order valence-corrected chi connectivity index (χ0v) is 11.1. The number of nitrogens with one attached hydrogen (secondary N) is 2. The van der Waals surface area contributed by atoms with Crippen molar-refractivity contribution in [2.24, 2.45) is 0 Å². The van der Waals surface area contributed by atoms with Crippen molar-refractivity contribution >= 4 is 12.0 Å². The van der Waals surface area contributed by atoms with Crippen LogP contribution in [0.25, 0.3) is 0 Å². The van der Waals surface area contributed by atoms with Crippen LogP contribution in [0.5, 0.6) is 5.75 Å². The molecule has 1 aromatic carbocycles. The van der Waals surface area contributed by atoms with Crippen LogP contribution in [-0.2, 0) is 11.3 Å². The maximum atomic E-state index is 11.6. The van der Waals surface area contributed by atoms with Gasteiger partial charge in [0.2, 0.25) is 0 Å². The number of carboxylic acids is 1. The number of hydrogen-bond acceptors (Lipinski definition) is 3. The molecular weight excluding hydrogens is 260 g/mol. The number of urea groups is 1. The summed E-state index contributed by atoms with van der Waals surface area (Å²) in [7, 11) is 1.57. The molecule has 1 rings (SSSR count). The van der Waals surface area contributed by atoms with Gasteiger partial charge in [-0.1, -0.05) is 12.1 Å². The minimum atomic E-state index is -1.16. The molecule has 106 valence electrons. The number of rotatable bonds is 6. The third-order valence-electron chi connectivity index (χ3n) is 2.54. The molecule has 1 aromatic rings. The molecule has 0 aliphatic carbocycles. The van der Waals surface area contributed by atoms with Gasteiger partial charge < -0.3 is 20.5 Å². The number of carbonyl (C=O) groups is 2. The fraction of sp³-hybridized carbons (Fsp3) is 0.286. The number of terminal acetylenes is 1. The molecule has 0 radical (unpaired) electrons. The van der Waals surface area contributed by atoms with Crippen molar-refractivity contribution in [3.05, 3.63) is 29.8 Å². The van der Waals surface area contributed by atoms with Gasteiger partial charge in [0.15, 0.2) is 0 Å². The Morgan fingerprint density at radius 2 is 2.05 bits per heavy atom. The number of amides is 2. The summed E-state index contributed by atoms with van der Waals surface area (Å²) in [6.45, 7) is 0.276. The van der Waals surface area contributed by atoms with Crippen molar-refractivity contribution in [3.63, 3.8) is 0 Å². The van der Waals surface area contributed by atoms with Crippen LogP contribution < -0.4 is 15.4 Å². The molecule has 0 spiro atoms. The second-order valence-corrected chi connectivity index (χ2v) is 3.97. The van der Waals surface area contributed by atoms with Gasteiger partial charge >= 0.3 is 12.0 Å². The first kappa shape index (κ1) is 15.4. The number of carbonyl (C=O) groups excluding carboxylic acids is 1. The largest absolute Gasteiger partial charge is 0.497 e. The molecule has 1 atom stereocenters. The van der Waals surface area contributed by atoms with Gasteiger partial charge in [0.1, 0.15) is 11.8 Å². The average Bonchev–Trinajstić information content (AvgIpc) is 2.45. The molecule has 2 amide bonds. The fourth-order valence-electron chi connectivity index (χ4n) is 1.45. The van der Waals surface area contributed by atoms with Crippen LogP contribution in [-0.4, -0.2) is 30.3 Å². The quantitative estimate of drug-likeness (QED) is 0.676. The molecule has 0 bridgehead atoms. The number of ether oxygens (including phenoxy) is 1. The Morgan fingerprint density at radius 3 is 2.55 bits per heavy atom. The highest BCUT2D eigenvalue weighted by atomic mass is 16.5. The first-order valence-electron chi connectivity index (χ1n) is 5.90. The Balaban J connectivity index is 2.46. The zero-order chi connectivity index (χ0) is 15.0. The van der Waals surface area contributed by atoms with E-state index in [1.54, 1.807) is 31.4 Å². The van der Waals surface area contributed by atoms with E-state index < -0.39 is 18.0 Å². The van der Waals surface area contributed by atoms with Gasteiger partial charge in [0.05, 0.1) is 7.11 Å². The topological polar surface area (TPSA) is 87.7 Å². The minimum absolute atomic E-state index is 0.0642. The molecule has 3 N–H and O–H groups in total. The van der Waals surface area contributed by atoms with Crippen LogP contribution in [0.1, 0.15) is 12.0 Å². The Labute approximate surface area is 117 Å². The van der Waals surface area contributed by atoms with Gasteiger partial charge in [-0.2, -0.15) is 0 Å². The van der Waals surface area contributed by atoms with E-state index >= 15 is 0 Å². The highest BCUT2D eigenvalue weighted by Gasteiger charge is 2.18. The Morgan fingerprint density at radius 1 is 1.40 bits per heavy atom. The first-order valence-corrected chi connectivity index (χ1v) is 5.90. The molecule has 1 unspecified atom stereocenters. The fourth-order valence-corrected chi connectivity index (χ4v) is 1.45. The van der Waals surface area contributed by atoms with Gasteiger partial charge in [-0.05, 0) is 17.7 Å². The third-order valence-corrected chi connectivity index (χ3v) is 2.54. The maximum absolute atomic E-state index is 11.6. The van der Waals surface area contributed by atoms with Gasteiger partial charge in [0.25, 0.3) is 0 Å². The molecule has 0 aliphatic rings. The normalized spacial score (nSPS) is 11.0. The summed E-state index contributed by atoms with van der Waals surface area (Å²) in [6.07, 6.45) is 4.97. The van der Waals surface area contributed by atoms with Gasteiger partial charge in [0, 0.05) is 13.0 Å². The molecule has 0 saturated heterocycles. The number of hydrogen-bond donors (Lipinski definition) is 3. The highest BCUT2D eigenvalue weighted by Crippen LogP contribution is 2.10. The predicted octanol–water partition coefficient (Wildman–Crippen LogP) is 0.971. The van der Waals surface area contributed by atoms with Gasteiger partial charge in [-0.3, -0.25) is 0 Å². The summed E-state index contributed by atoms with van der Waals surface area (Å²) in [5, 5.41) is 13.7. The Hall–Kier alpha value is -2.68. The van der Waals surface area contributed by atoms with E-state index in [0.29, 0.717) is 0 Å². The number of aliphatic carboxylic acids is 1. The number of methoxy groups -OCH3 is 1. The van der Waals surface area contributed by atoms with Crippen LogP contribution in [0.3, 0.4) is 0 Å². The van der Waals surface area contributed by atoms with Crippen molar-refractivity contribution in [3.8, 4) is 18.1 Å². The van der Waals surface area contributed by atoms with E-state index in [4.69, 9.17) is 16.3 Å². The van der Waals surface area contributed by atoms with E-state index in [0.717, 1.165) is 11.3 Å². The van der Waals surface area contributed by atoms with E-state index in [1.807, 2.05) is 0 Å². The molecule has 6 nitrogen and oxygen atoms in total. The SMILES string of the molecule is C#CCC(NC(=O)NCc1ccc(OC)cc1)C(=O)O. The maximum Gasteiger partial charge on any atom is 0.327 e. The standard InChI is InChI=1S/C14H16N2O4/c1-3-4-12(13(17)18)16-14(19)15-9-10-5-7-11(20-2)8-6-10/h1,5-8,12H,4,9H2,2H3,(H,17,18)(H2,15,16,19). The summed E-state index contributed by atoms with van der Waals surface area (Å²) >= 11 is 0. The summed E-state index contributed by atoms with van der Waals surface area (Å²) in [4.78, 5) is 22.4. The lowest BCUT2D eigenvalue weighted by Gasteiger charge is -2.13. The van der Waals surface area contributed by atoms with Gasteiger partial charge in [-0.15, -0.1) is 12.3 Å². The lowest BCUT2D eigenvalue weighted by atomic mass is 10.2.